The molecule has 0 aromatic heterocycles. The van der Waals surface area contributed by atoms with Crippen LogP contribution in [0.1, 0.15) is 39.5 Å². The van der Waals surface area contributed by atoms with Gasteiger partial charge < -0.3 is 9.99 Å². The Hall–Kier alpha value is -2.52. The number of allylic oxidation sites excluding steroid dienone is 2. The number of hydrogen-bond donors (Lipinski definition) is 1. The number of hydrazone groups is 1. The van der Waals surface area contributed by atoms with E-state index in [0.717, 1.165) is 48.3 Å². The van der Waals surface area contributed by atoms with Crippen LogP contribution in [0.3, 0.4) is 0 Å². The van der Waals surface area contributed by atoms with Gasteiger partial charge in [0.2, 0.25) is 0 Å². The molecule has 156 valence electrons. The quantitative estimate of drug-likeness (QED) is 0.590. The first-order valence-electron chi connectivity index (χ1n) is 10.8. The van der Waals surface area contributed by atoms with Crippen molar-refractivity contribution in [1.29, 1.82) is 0 Å². The van der Waals surface area contributed by atoms with E-state index >= 15 is 0 Å². The van der Waals surface area contributed by atoms with E-state index in [1.54, 1.807) is 4.78 Å². The van der Waals surface area contributed by atoms with Crippen molar-refractivity contribution in [1.82, 2.24) is 4.90 Å². The first-order chi connectivity index (χ1) is 14.5. The molecule has 1 N–H and O–H groups in total. The number of hydrogen-bond acceptors (Lipinski definition) is 3. The van der Waals surface area contributed by atoms with Crippen molar-refractivity contribution in [3.63, 3.8) is 0 Å². The van der Waals surface area contributed by atoms with Gasteiger partial charge in [-0.1, -0.05) is 50.2 Å². The summed E-state index contributed by atoms with van der Waals surface area (Å²) in [4.78, 5) is 2.46. The summed E-state index contributed by atoms with van der Waals surface area (Å²) in [6.07, 6.45) is 4.17. The van der Waals surface area contributed by atoms with Crippen molar-refractivity contribution in [2.75, 3.05) is 23.0 Å². The molecule has 2 aromatic rings. The largest absolute Gasteiger partial charge is 0.374 e. The Morgan fingerprint density at radius 1 is 0.933 bits per heavy atom. The fourth-order valence-corrected chi connectivity index (χ4v) is 7.46. The average molecular weight is 420 g/mol. The van der Waals surface area contributed by atoms with Gasteiger partial charge in [0.25, 0.3) is 0 Å². The van der Waals surface area contributed by atoms with Gasteiger partial charge in [0.05, 0.1) is 16.7 Å². The maximum Gasteiger partial charge on any atom is 0.313 e. The maximum absolute atomic E-state index is 14.9. The van der Waals surface area contributed by atoms with Crippen LogP contribution < -0.4 is 9.87 Å². The zero-order valence-corrected chi connectivity index (χ0v) is 18.6. The highest BCUT2D eigenvalue weighted by Crippen LogP contribution is 2.66. The smallest absolute Gasteiger partial charge is 0.313 e. The Kier molecular flexibility index (Phi) is 4.74. The van der Waals surface area contributed by atoms with E-state index in [0.29, 0.717) is 0 Å². The highest BCUT2D eigenvalue weighted by Gasteiger charge is 2.50. The van der Waals surface area contributed by atoms with Crippen LogP contribution in [0.2, 0.25) is 0 Å². The van der Waals surface area contributed by atoms with Crippen molar-refractivity contribution in [3.8, 4) is 0 Å². The van der Waals surface area contributed by atoms with E-state index in [-0.39, 0.29) is 5.41 Å². The molecule has 5 rings (SSSR count). The predicted molar refractivity (Wildman–Crippen MR) is 125 cm³/mol. The van der Waals surface area contributed by atoms with Gasteiger partial charge >= 0.3 is 7.44 Å². The minimum atomic E-state index is -3.20. The number of rotatable bonds is 4. The fraction of sp³-hybridized carbons (Fsp3) is 0.375. The molecule has 30 heavy (non-hydrogen) atoms. The summed E-state index contributed by atoms with van der Waals surface area (Å²) in [6, 6.07) is 19.8. The Morgan fingerprint density at radius 3 is 2.23 bits per heavy atom. The minimum Gasteiger partial charge on any atom is -0.374 e. The SMILES string of the molecule is CC1(C)CC2=NN(c3ccccc3)[P@](=O)(Nc3ccccc3)C2=C(N2CCCC2)C1. The molecule has 0 spiro atoms. The van der Waals surface area contributed by atoms with Crippen molar-refractivity contribution in [2.24, 2.45) is 10.5 Å². The van der Waals surface area contributed by atoms with E-state index < -0.39 is 7.44 Å². The zero-order chi connectivity index (χ0) is 20.8. The number of nitrogens with one attached hydrogen (secondary N) is 1. The number of fused-ring (bicyclic) bond motifs is 1. The summed E-state index contributed by atoms with van der Waals surface area (Å²) in [5, 5.41) is 9.36. The molecule has 2 heterocycles. The molecule has 6 heteroatoms. The molecule has 0 radical (unpaired) electrons. The minimum absolute atomic E-state index is 0.102. The van der Waals surface area contributed by atoms with Gasteiger partial charge in [0.15, 0.2) is 0 Å². The van der Waals surface area contributed by atoms with Crippen molar-refractivity contribution < 1.29 is 4.57 Å². The van der Waals surface area contributed by atoms with E-state index in [2.05, 4.69) is 23.8 Å². The van der Waals surface area contributed by atoms with Gasteiger partial charge in [-0.3, -0.25) is 4.57 Å². The second-order valence-electron chi connectivity index (χ2n) is 9.23. The van der Waals surface area contributed by atoms with Gasteiger partial charge in [-0.05, 0) is 55.4 Å². The predicted octanol–water partition coefficient (Wildman–Crippen LogP) is 6.30. The zero-order valence-electron chi connectivity index (χ0n) is 17.7. The number of likely N-dealkylation sites (tertiary alicyclic amines) is 1. The third-order valence-electron chi connectivity index (χ3n) is 6.15. The van der Waals surface area contributed by atoms with E-state index in [1.165, 1.54) is 18.5 Å². The van der Waals surface area contributed by atoms with Crippen molar-refractivity contribution >= 4 is 24.5 Å². The second kappa shape index (κ2) is 7.31. The molecule has 0 saturated carbocycles. The molecule has 0 amide bonds. The molecular formula is C24H29N4OP. The molecule has 0 bridgehead atoms. The van der Waals surface area contributed by atoms with Crippen LogP contribution in [-0.2, 0) is 4.57 Å². The Labute approximate surface area is 178 Å². The lowest BCUT2D eigenvalue weighted by Gasteiger charge is -2.38. The van der Waals surface area contributed by atoms with Crippen LogP contribution in [0.5, 0.6) is 0 Å². The van der Waals surface area contributed by atoms with E-state index in [1.807, 2.05) is 60.7 Å². The topological polar surface area (TPSA) is 47.9 Å². The lowest BCUT2D eigenvalue weighted by molar-refractivity contribution is 0.304. The highest BCUT2D eigenvalue weighted by molar-refractivity contribution is 7.73. The Bertz CT molecular complexity index is 1040. The summed E-state index contributed by atoms with van der Waals surface area (Å²) in [5.74, 6) is 0. The standard InChI is InChI=1S/C24H29N4OP/c1-24(2)17-21-23(22(18-24)27-15-9-10-16-27)30(29,26-19-11-5-3-6-12-19)28(25-21)20-13-7-4-8-14-20/h3-8,11-14H,9-10,15-18H2,1-2H3,(H,26,29)/t30-/m1/s1. The summed E-state index contributed by atoms with van der Waals surface area (Å²) in [6.45, 7) is 6.67. The molecule has 1 fully saturated rings. The van der Waals surface area contributed by atoms with Gasteiger partial charge in [-0.2, -0.15) is 9.88 Å². The number of benzene rings is 2. The lowest BCUT2D eigenvalue weighted by Crippen LogP contribution is -2.32. The maximum atomic E-state index is 14.9. The van der Waals surface area contributed by atoms with Crippen LogP contribution in [0.4, 0.5) is 11.4 Å². The number of para-hydroxylation sites is 2. The van der Waals surface area contributed by atoms with Gasteiger partial charge in [0, 0.05) is 24.5 Å². The number of anilines is 2. The molecule has 2 aliphatic heterocycles. The summed E-state index contributed by atoms with van der Waals surface area (Å²) in [5.41, 5.74) is 4.02. The van der Waals surface area contributed by atoms with Crippen LogP contribution >= 0.6 is 7.44 Å². The molecule has 3 aliphatic rings. The van der Waals surface area contributed by atoms with Gasteiger partial charge in [0.1, 0.15) is 0 Å². The van der Waals surface area contributed by atoms with Crippen molar-refractivity contribution in [3.05, 3.63) is 71.7 Å². The molecular weight excluding hydrogens is 391 g/mol. The first kappa shape index (κ1) is 19.4. The fourth-order valence-electron chi connectivity index (χ4n) is 4.83. The monoisotopic (exact) mass is 420 g/mol. The average Bonchev–Trinajstić information content (AvgIpc) is 3.35. The van der Waals surface area contributed by atoms with E-state index in [9.17, 15) is 4.57 Å². The second-order valence-corrected chi connectivity index (χ2v) is 11.4. The van der Waals surface area contributed by atoms with Crippen LogP contribution in [-0.4, -0.2) is 23.7 Å². The summed E-state index contributed by atoms with van der Waals surface area (Å²) >= 11 is 0. The van der Waals surface area contributed by atoms with Crippen LogP contribution in [0, 0.1) is 5.41 Å². The molecule has 1 atom stereocenters. The third kappa shape index (κ3) is 3.35. The molecule has 0 unspecified atom stereocenters. The Morgan fingerprint density at radius 2 is 1.57 bits per heavy atom. The third-order valence-corrected chi connectivity index (χ3v) is 8.69. The number of nitrogens with zero attached hydrogens (tertiary/aromatic N) is 3. The molecule has 1 saturated heterocycles. The highest BCUT2D eigenvalue weighted by atomic mass is 31.2. The van der Waals surface area contributed by atoms with Gasteiger partial charge in [-0.15, -0.1) is 0 Å². The van der Waals surface area contributed by atoms with Crippen molar-refractivity contribution in [2.45, 2.75) is 39.5 Å². The Balaban J connectivity index is 1.69. The molecule has 5 nitrogen and oxygen atoms in total. The first-order valence-corrected chi connectivity index (χ1v) is 12.5. The summed E-state index contributed by atoms with van der Waals surface area (Å²) < 4.78 is 16.6. The van der Waals surface area contributed by atoms with Gasteiger partial charge in [-0.25, -0.2) is 0 Å². The van der Waals surface area contributed by atoms with Crippen LogP contribution in [0.25, 0.3) is 0 Å². The van der Waals surface area contributed by atoms with Crippen LogP contribution in [0.15, 0.2) is 76.8 Å². The molecule has 1 aliphatic carbocycles. The molecule has 2 aromatic carbocycles. The normalized spacial score (nSPS) is 25.3. The van der Waals surface area contributed by atoms with E-state index in [4.69, 9.17) is 5.10 Å². The lowest BCUT2D eigenvalue weighted by atomic mass is 9.78. The summed E-state index contributed by atoms with van der Waals surface area (Å²) in [7, 11) is -3.20.